The van der Waals surface area contributed by atoms with Crippen LogP contribution in [0.15, 0.2) is 48.5 Å². The van der Waals surface area contributed by atoms with Crippen LogP contribution in [0.5, 0.6) is 0 Å². The van der Waals surface area contributed by atoms with E-state index in [1.165, 1.54) is 48.5 Å². The summed E-state index contributed by atoms with van der Waals surface area (Å²) in [6.07, 6.45) is 0.0269. The molecule has 0 aliphatic rings. The summed E-state index contributed by atoms with van der Waals surface area (Å²) in [5.74, 6) is -0.285. The van der Waals surface area contributed by atoms with Crippen LogP contribution in [-0.4, -0.2) is 15.6 Å². The number of ketones is 1. The number of hydrogen-bond acceptors (Lipinski definition) is 5. The summed E-state index contributed by atoms with van der Waals surface area (Å²) in [5, 5.41) is 21.2. The number of benzene rings is 2. The van der Waals surface area contributed by atoms with Crippen molar-refractivity contribution in [2.24, 2.45) is 0 Å². The summed E-state index contributed by atoms with van der Waals surface area (Å²) in [5.41, 5.74) is 0.644. The fourth-order valence-electron chi connectivity index (χ4n) is 1.82. The minimum absolute atomic E-state index is 0.0269. The fraction of sp³-hybridized carbons (Fsp3) is 0.0714. The quantitative estimate of drug-likeness (QED) is 0.477. The van der Waals surface area contributed by atoms with Gasteiger partial charge >= 0.3 is 0 Å². The lowest BCUT2D eigenvalue weighted by molar-refractivity contribution is -0.385. The van der Waals surface area contributed by atoms with Gasteiger partial charge < -0.3 is 0 Å². The summed E-state index contributed by atoms with van der Waals surface area (Å²) < 4.78 is 0. The number of carbonyl (C=O) groups excluding carboxylic acids is 1. The Labute approximate surface area is 119 Å². The first kappa shape index (κ1) is 14.3. The molecule has 0 atom stereocenters. The largest absolute Gasteiger partial charge is 0.294 e. The van der Waals surface area contributed by atoms with Crippen molar-refractivity contribution in [3.63, 3.8) is 0 Å². The van der Waals surface area contributed by atoms with Gasteiger partial charge in [0.1, 0.15) is 0 Å². The minimum atomic E-state index is -0.567. The van der Waals surface area contributed by atoms with E-state index in [0.717, 1.165) is 0 Å². The number of rotatable bonds is 5. The second kappa shape index (κ2) is 5.91. The van der Waals surface area contributed by atoms with Gasteiger partial charge in [0, 0.05) is 36.2 Å². The molecule has 0 saturated carbocycles. The van der Waals surface area contributed by atoms with Gasteiger partial charge in [0.2, 0.25) is 0 Å². The predicted octanol–water partition coefficient (Wildman–Crippen LogP) is 2.93. The first-order valence-corrected chi connectivity index (χ1v) is 5.98. The highest BCUT2D eigenvalue weighted by Crippen LogP contribution is 2.17. The Balaban J connectivity index is 2.16. The van der Waals surface area contributed by atoms with Crippen LogP contribution in [0.4, 0.5) is 11.4 Å². The van der Waals surface area contributed by atoms with Gasteiger partial charge in [0.25, 0.3) is 11.4 Å². The van der Waals surface area contributed by atoms with Gasteiger partial charge in [-0.25, -0.2) is 0 Å². The summed E-state index contributed by atoms with van der Waals surface area (Å²) in [7, 11) is 0. The van der Waals surface area contributed by atoms with Crippen LogP contribution in [0, 0.1) is 20.2 Å². The van der Waals surface area contributed by atoms with Gasteiger partial charge in [0.15, 0.2) is 5.78 Å². The van der Waals surface area contributed by atoms with Gasteiger partial charge in [-0.3, -0.25) is 25.0 Å². The highest BCUT2D eigenvalue weighted by molar-refractivity contribution is 5.98. The molecule has 0 unspecified atom stereocenters. The molecule has 2 aromatic carbocycles. The molecule has 0 bridgehead atoms. The average molecular weight is 286 g/mol. The van der Waals surface area contributed by atoms with Crippen LogP contribution in [0.1, 0.15) is 15.9 Å². The van der Waals surface area contributed by atoms with Crippen LogP contribution in [0.3, 0.4) is 0 Å². The normalized spacial score (nSPS) is 10.1. The predicted molar refractivity (Wildman–Crippen MR) is 74.2 cm³/mol. The Morgan fingerprint density at radius 2 is 1.52 bits per heavy atom. The van der Waals surface area contributed by atoms with Gasteiger partial charge in [-0.2, -0.15) is 0 Å². The minimum Gasteiger partial charge on any atom is -0.294 e. The lowest BCUT2D eigenvalue weighted by Gasteiger charge is -2.02. The molecule has 21 heavy (non-hydrogen) atoms. The summed E-state index contributed by atoms with van der Waals surface area (Å²) in [6.45, 7) is 0. The maximum absolute atomic E-state index is 12.1. The molecule has 0 N–H and O–H groups in total. The zero-order valence-electron chi connectivity index (χ0n) is 10.8. The summed E-state index contributed by atoms with van der Waals surface area (Å²) >= 11 is 0. The van der Waals surface area contributed by atoms with Crippen LogP contribution < -0.4 is 0 Å². The van der Waals surface area contributed by atoms with Gasteiger partial charge in [-0.1, -0.05) is 24.3 Å². The van der Waals surface area contributed by atoms with E-state index in [1.807, 2.05) is 0 Å². The fourth-order valence-corrected chi connectivity index (χ4v) is 1.82. The molecule has 0 heterocycles. The molecular formula is C14H10N2O5. The first-order chi connectivity index (χ1) is 9.97. The van der Waals surface area contributed by atoms with E-state index >= 15 is 0 Å². The van der Waals surface area contributed by atoms with Crippen LogP contribution in [0.25, 0.3) is 0 Å². The number of nitro benzene ring substituents is 2. The van der Waals surface area contributed by atoms with E-state index in [4.69, 9.17) is 0 Å². The molecule has 0 aliphatic carbocycles. The Kier molecular flexibility index (Phi) is 4.03. The van der Waals surface area contributed by atoms with Crippen LogP contribution in [-0.2, 0) is 6.42 Å². The smallest absolute Gasteiger partial charge is 0.270 e. The van der Waals surface area contributed by atoms with E-state index in [0.29, 0.717) is 5.56 Å². The molecule has 0 amide bonds. The number of hydrogen-bond donors (Lipinski definition) is 0. The van der Waals surface area contributed by atoms with E-state index in [-0.39, 0.29) is 29.1 Å². The second-order valence-corrected chi connectivity index (χ2v) is 4.33. The third-order valence-electron chi connectivity index (χ3n) is 2.89. The van der Waals surface area contributed by atoms with Crippen LogP contribution >= 0.6 is 0 Å². The Hall–Kier alpha value is -3.09. The Morgan fingerprint density at radius 1 is 0.905 bits per heavy atom. The van der Waals surface area contributed by atoms with Crippen molar-refractivity contribution in [1.82, 2.24) is 0 Å². The zero-order valence-corrected chi connectivity index (χ0v) is 10.8. The molecule has 2 rings (SSSR count). The maximum Gasteiger partial charge on any atom is 0.270 e. The molecule has 0 aromatic heterocycles. The first-order valence-electron chi connectivity index (χ1n) is 5.98. The highest BCUT2D eigenvalue weighted by atomic mass is 16.6. The van der Waals surface area contributed by atoms with Crippen molar-refractivity contribution in [3.05, 3.63) is 79.9 Å². The van der Waals surface area contributed by atoms with Crippen molar-refractivity contribution >= 4 is 17.2 Å². The zero-order chi connectivity index (χ0) is 15.4. The highest BCUT2D eigenvalue weighted by Gasteiger charge is 2.13. The summed E-state index contributed by atoms with van der Waals surface area (Å²) in [4.78, 5) is 32.2. The third-order valence-corrected chi connectivity index (χ3v) is 2.89. The second-order valence-electron chi connectivity index (χ2n) is 4.33. The van der Waals surface area contributed by atoms with E-state index in [9.17, 15) is 25.0 Å². The Bertz CT molecular complexity index is 710. The van der Waals surface area contributed by atoms with Crippen molar-refractivity contribution in [1.29, 1.82) is 0 Å². The number of non-ortho nitro benzene ring substituents is 2. The molecule has 0 aliphatic heterocycles. The average Bonchev–Trinajstić information content (AvgIpc) is 2.48. The molecule has 7 heteroatoms. The maximum atomic E-state index is 12.1. The van der Waals surface area contributed by atoms with Gasteiger partial charge in [-0.05, 0) is 5.56 Å². The van der Waals surface area contributed by atoms with Crippen molar-refractivity contribution in [2.75, 3.05) is 0 Å². The number of carbonyl (C=O) groups is 1. The number of nitro groups is 2. The Morgan fingerprint density at radius 3 is 2.10 bits per heavy atom. The SMILES string of the molecule is O=C(Cc1ccc([N+](=O)[O-])cc1)c1cccc([N+](=O)[O-])c1. The van der Waals surface area contributed by atoms with E-state index in [1.54, 1.807) is 0 Å². The molecule has 0 fully saturated rings. The molecule has 7 nitrogen and oxygen atoms in total. The van der Waals surface area contributed by atoms with Gasteiger partial charge in [-0.15, -0.1) is 0 Å². The summed E-state index contributed by atoms with van der Waals surface area (Å²) in [6, 6.07) is 11.1. The monoisotopic (exact) mass is 286 g/mol. The van der Waals surface area contributed by atoms with Crippen molar-refractivity contribution < 1.29 is 14.6 Å². The molecule has 0 radical (unpaired) electrons. The molecule has 2 aromatic rings. The standard InChI is InChI=1S/C14H10N2O5/c17-14(11-2-1-3-13(9-11)16(20)21)8-10-4-6-12(7-5-10)15(18)19/h1-7,9H,8H2. The van der Waals surface area contributed by atoms with Crippen LogP contribution in [0.2, 0.25) is 0 Å². The van der Waals surface area contributed by atoms with E-state index < -0.39 is 9.85 Å². The van der Waals surface area contributed by atoms with Gasteiger partial charge in [0.05, 0.1) is 9.85 Å². The lowest BCUT2D eigenvalue weighted by atomic mass is 10.0. The lowest BCUT2D eigenvalue weighted by Crippen LogP contribution is -2.04. The molecule has 0 saturated heterocycles. The third kappa shape index (κ3) is 3.47. The number of Topliss-reactive ketones (excluding diaryl/α,β-unsaturated/α-hetero) is 1. The topological polar surface area (TPSA) is 103 Å². The number of nitrogens with zero attached hydrogens (tertiary/aromatic N) is 2. The van der Waals surface area contributed by atoms with E-state index in [2.05, 4.69) is 0 Å². The van der Waals surface area contributed by atoms with Crippen molar-refractivity contribution in [2.45, 2.75) is 6.42 Å². The molecule has 0 spiro atoms. The molecular weight excluding hydrogens is 276 g/mol. The molecule has 106 valence electrons. The van der Waals surface area contributed by atoms with Crippen molar-refractivity contribution in [3.8, 4) is 0 Å².